The molecule has 7 nitrogen and oxygen atoms in total. The first kappa shape index (κ1) is 14.4. The van der Waals surface area contributed by atoms with Crippen molar-refractivity contribution in [1.82, 2.24) is 19.7 Å². The van der Waals surface area contributed by atoms with Gasteiger partial charge in [0.25, 0.3) is 5.56 Å². The number of nitrogens with zero attached hydrogens (tertiary/aromatic N) is 3. The van der Waals surface area contributed by atoms with Crippen molar-refractivity contribution in [3.05, 3.63) is 51.0 Å². The van der Waals surface area contributed by atoms with Gasteiger partial charge in [0.05, 0.1) is 22.3 Å². The van der Waals surface area contributed by atoms with Gasteiger partial charge in [-0.2, -0.15) is 5.10 Å². The predicted molar refractivity (Wildman–Crippen MR) is 77.6 cm³/mol. The predicted octanol–water partition coefficient (Wildman–Crippen LogP) is -0.189. The van der Waals surface area contributed by atoms with Gasteiger partial charge >= 0.3 is 5.97 Å². The Morgan fingerprint density at radius 2 is 2.19 bits per heavy atom. The second-order valence-electron chi connectivity index (χ2n) is 4.15. The molecule has 0 aliphatic carbocycles. The Hall–Kier alpha value is -2.96. The first-order chi connectivity index (χ1) is 10.1. The van der Waals surface area contributed by atoms with Gasteiger partial charge in [-0.3, -0.25) is 9.78 Å². The molecular formula is C14H14N4O3. The summed E-state index contributed by atoms with van der Waals surface area (Å²) in [4.78, 5) is 29.8. The number of hydrogen-bond donors (Lipinski definition) is 2. The third kappa shape index (κ3) is 2.97. The number of carbonyl (C=O) groups is 1. The largest absolute Gasteiger partial charge is 0.478 e. The molecule has 0 fully saturated rings. The molecule has 0 atom stereocenters. The lowest BCUT2D eigenvalue weighted by Crippen LogP contribution is -2.43. The van der Waals surface area contributed by atoms with Crippen LogP contribution in [0.1, 0.15) is 24.2 Å². The smallest absolute Gasteiger partial charge is 0.338 e. The number of aromatic nitrogens is 4. The minimum absolute atomic E-state index is 0.0164. The number of aromatic carboxylic acids is 1. The maximum Gasteiger partial charge on any atom is 0.338 e. The van der Waals surface area contributed by atoms with Crippen molar-refractivity contribution in [3.63, 3.8) is 0 Å². The Balaban J connectivity index is 2.68. The fourth-order valence-corrected chi connectivity index (χ4v) is 1.74. The Bertz CT molecular complexity index is 874. The number of H-pyrrole nitrogens is 1. The van der Waals surface area contributed by atoms with Gasteiger partial charge in [0.15, 0.2) is 0 Å². The van der Waals surface area contributed by atoms with Crippen LogP contribution in [0.25, 0.3) is 18.1 Å². The first-order valence-corrected chi connectivity index (χ1v) is 6.25. The molecule has 7 heteroatoms. The SMILES string of the molecule is CC=CC=c1nc(-n2cc(C(=O)O)cn2)[nH]c(=O)c1=CC. The summed E-state index contributed by atoms with van der Waals surface area (Å²) >= 11 is 0. The fraction of sp³-hybridized carbons (Fsp3) is 0.143. The van der Waals surface area contributed by atoms with Gasteiger partial charge in [0, 0.05) is 6.20 Å². The van der Waals surface area contributed by atoms with E-state index in [4.69, 9.17) is 5.11 Å². The highest BCUT2D eigenvalue weighted by molar-refractivity contribution is 5.86. The Labute approximate surface area is 119 Å². The van der Waals surface area contributed by atoms with Crippen LogP contribution in [0.2, 0.25) is 0 Å². The normalized spacial score (nSPS) is 13.2. The van der Waals surface area contributed by atoms with Crippen LogP contribution < -0.4 is 16.1 Å². The average molecular weight is 286 g/mol. The molecule has 0 aliphatic rings. The summed E-state index contributed by atoms with van der Waals surface area (Å²) in [6, 6.07) is 0. The Kier molecular flexibility index (Phi) is 4.13. The van der Waals surface area contributed by atoms with Crippen molar-refractivity contribution in [3.8, 4) is 5.95 Å². The molecule has 0 radical (unpaired) electrons. The van der Waals surface area contributed by atoms with E-state index in [1.807, 2.05) is 13.0 Å². The van der Waals surface area contributed by atoms with Gasteiger partial charge in [-0.1, -0.05) is 18.2 Å². The molecule has 0 saturated carbocycles. The number of nitrogens with one attached hydrogen (secondary N) is 1. The molecule has 0 bridgehead atoms. The maximum atomic E-state index is 12.0. The highest BCUT2D eigenvalue weighted by Crippen LogP contribution is 2.00. The lowest BCUT2D eigenvalue weighted by molar-refractivity contribution is 0.0697. The number of hydrogen-bond acceptors (Lipinski definition) is 4. The number of allylic oxidation sites excluding steroid dienone is 2. The molecule has 0 spiro atoms. The van der Waals surface area contributed by atoms with Crippen LogP contribution in [0, 0.1) is 0 Å². The van der Waals surface area contributed by atoms with E-state index in [0.717, 1.165) is 0 Å². The Morgan fingerprint density at radius 3 is 2.76 bits per heavy atom. The van der Waals surface area contributed by atoms with Gasteiger partial charge in [-0.25, -0.2) is 14.5 Å². The molecule has 0 saturated heterocycles. The molecule has 108 valence electrons. The van der Waals surface area contributed by atoms with Crippen LogP contribution in [0.3, 0.4) is 0 Å². The van der Waals surface area contributed by atoms with E-state index in [1.54, 1.807) is 25.2 Å². The third-order valence-electron chi connectivity index (χ3n) is 2.75. The minimum Gasteiger partial charge on any atom is -0.478 e. The third-order valence-corrected chi connectivity index (χ3v) is 2.75. The summed E-state index contributed by atoms with van der Waals surface area (Å²) < 4.78 is 1.22. The van der Waals surface area contributed by atoms with Crippen molar-refractivity contribution < 1.29 is 9.90 Å². The topological polar surface area (TPSA) is 101 Å². The summed E-state index contributed by atoms with van der Waals surface area (Å²) in [6.45, 7) is 3.60. The van der Waals surface area contributed by atoms with E-state index in [9.17, 15) is 9.59 Å². The van der Waals surface area contributed by atoms with Gasteiger partial charge in [-0.05, 0) is 19.9 Å². The zero-order chi connectivity index (χ0) is 15.4. The second kappa shape index (κ2) is 6.00. The van der Waals surface area contributed by atoms with E-state index in [-0.39, 0.29) is 17.1 Å². The summed E-state index contributed by atoms with van der Waals surface area (Å²) in [7, 11) is 0. The zero-order valence-corrected chi connectivity index (χ0v) is 11.6. The van der Waals surface area contributed by atoms with Crippen LogP contribution in [-0.4, -0.2) is 30.8 Å². The van der Waals surface area contributed by atoms with Crippen LogP contribution in [0.5, 0.6) is 0 Å². The summed E-state index contributed by atoms with van der Waals surface area (Å²) in [5, 5.41) is 13.7. The molecule has 2 heterocycles. The van der Waals surface area contributed by atoms with E-state index in [2.05, 4.69) is 15.1 Å². The molecule has 2 rings (SSSR count). The number of carboxylic acids is 1. The van der Waals surface area contributed by atoms with E-state index in [0.29, 0.717) is 10.6 Å². The van der Waals surface area contributed by atoms with Crippen LogP contribution >= 0.6 is 0 Å². The standard InChI is InChI=1S/C14H14N4O3/c1-3-5-6-11-10(4-2)12(19)17-14(16-11)18-8-9(7-15-18)13(20)21/h3-8H,1-2H3,(H,20,21)(H,16,17,19). The minimum atomic E-state index is -1.09. The maximum absolute atomic E-state index is 12.0. The molecule has 2 aromatic heterocycles. The van der Waals surface area contributed by atoms with Gasteiger partial charge in [-0.15, -0.1) is 0 Å². The van der Waals surface area contributed by atoms with E-state index in [1.165, 1.54) is 17.1 Å². The molecule has 0 unspecified atom stereocenters. The van der Waals surface area contributed by atoms with Crippen molar-refractivity contribution in [1.29, 1.82) is 0 Å². The van der Waals surface area contributed by atoms with Crippen molar-refractivity contribution in [2.24, 2.45) is 0 Å². The first-order valence-electron chi connectivity index (χ1n) is 6.25. The van der Waals surface area contributed by atoms with Crippen LogP contribution in [-0.2, 0) is 0 Å². The highest BCUT2D eigenvalue weighted by Gasteiger charge is 2.09. The lowest BCUT2D eigenvalue weighted by atomic mass is 10.3. The molecule has 2 N–H and O–H groups in total. The summed E-state index contributed by atoms with van der Waals surface area (Å²) in [5.74, 6) is -0.934. The van der Waals surface area contributed by atoms with E-state index >= 15 is 0 Å². The highest BCUT2D eigenvalue weighted by atomic mass is 16.4. The van der Waals surface area contributed by atoms with Crippen molar-refractivity contribution >= 4 is 18.1 Å². The quantitative estimate of drug-likeness (QED) is 0.814. The Morgan fingerprint density at radius 1 is 1.43 bits per heavy atom. The van der Waals surface area contributed by atoms with E-state index < -0.39 is 5.97 Å². The number of carboxylic acid groups (broad SMARTS) is 1. The summed E-state index contributed by atoms with van der Waals surface area (Å²) in [6.07, 6.45) is 9.43. The van der Waals surface area contributed by atoms with Gasteiger partial charge in [0.1, 0.15) is 0 Å². The van der Waals surface area contributed by atoms with Crippen LogP contribution in [0.15, 0.2) is 29.3 Å². The van der Waals surface area contributed by atoms with Crippen LogP contribution in [0.4, 0.5) is 0 Å². The number of aromatic amines is 1. The van der Waals surface area contributed by atoms with Crippen molar-refractivity contribution in [2.45, 2.75) is 13.8 Å². The molecule has 21 heavy (non-hydrogen) atoms. The molecular weight excluding hydrogens is 272 g/mol. The second-order valence-corrected chi connectivity index (χ2v) is 4.15. The number of rotatable bonds is 3. The van der Waals surface area contributed by atoms with Gasteiger partial charge in [0.2, 0.25) is 5.95 Å². The molecule has 0 aromatic carbocycles. The lowest BCUT2D eigenvalue weighted by Gasteiger charge is -1.99. The van der Waals surface area contributed by atoms with Gasteiger partial charge < -0.3 is 5.11 Å². The molecule has 2 aromatic rings. The molecule has 0 amide bonds. The fourth-order valence-electron chi connectivity index (χ4n) is 1.74. The van der Waals surface area contributed by atoms with Crippen molar-refractivity contribution in [2.75, 3.05) is 0 Å². The zero-order valence-electron chi connectivity index (χ0n) is 11.6. The summed E-state index contributed by atoms with van der Waals surface area (Å²) in [5.41, 5.74) is -0.298. The average Bonchev–Trinajstić information content (AvgIpc) is 2.94. The molecule has 0 aliphatic heterocycles. The monoisotopic (exact) mass is 286 g/mol.